The second-order valence-electron chi connectivity index (χ2n) is 6.29. The summed E-state index contributed by atoms with van der Waals surface area (Å²) >= 11 is 0. The molecule has 100 valence electrons. The first kappa shape index (κ1) is 13.6. The van der Waals surface area contributed by atoms with Crippen LogP contribution in [0.4, 0.5) is 0 Å². The van der Waals surface area contributed by atoms with Gasteiger partial charge >= 0.3 is 0 Å². The lowest BCUT2D eigenvalue weighted by Gasteiger charge is -2.34. The molecule has 1 fully saturated rings. The molecule has 1 aromatic carbocycles. The first-order chi connectivity index (χ1) is 8.59. The van der Waals surface area contributed by atoms with E-state index in [4.69, 9.17) is 5.11 Å². The van der Waals surface area contributed by atoms with Crippen LogP contribution in [0.5, 0.6) is 0 Å². The summed E-state index contributed by atoms with van der Waals surface area (Å²) in [5.74, 6) is 0. The van der Waals surface area contributed by atoms with Gasteiger partial charge < -0.3 is 10.4 Å². The van der Waals surface area contributed by atoms with Crippen LogP contribution in [0.2, 0.25) is 0 Å². The molecular weight excluding hydrogens is 222 g/mol. The van der Waals surface area contributed by atoms with Gasteiger partial charge in [-0.3, -0.25) is 0 Å². The van der Waals surface area contributed by atoms with E-state index >= 15 is 0 Å². The van der Waals surface area contributed by atoms with Gasteiger partial charge in [0.25, 0.3) is 0 Å². The minimum Gasteiger partial charge on any atom is -0.392 e. The van der Waals surface area contributed by atoms with E-state index in [1.807, 2.05) is 12.1 Å². The average Bonchev–Trinajstić information content (AvgIpc) is 2.38. The van der Waals surface area contributed by atoms with Crippen molar-refractivity contribution < 1.29 is 5.11 Å². The van der Waals surface area contributed by atoms with Gasteiger partial charge in [-0.05, 0) is 42.2 Å². The Bertz CT molecular complexity index is 359. The van der Waals surface area contributed by atoms with Crippen LogP contribution in [-0.4, -0.2) is 11.1 Å². The van der Waals surface area contributed by atoms with Gasteiger partial charge in [0.1, 0.15) is 0 Å². The highest BCUT2D eigenvalue weighted by molar-refractivity contribution is 5.21. The second kappa shape index (κ2) is 5.85. The zero-order chi connectivity index (χ0) is 13.0. The van der Waals surface area contributed by atoms with Crippen LogP contribution >= 0.6 is 0 Å². The highest BCUT2D eigenvalue weighted by Crippen LogP contribution is 2.35. The van der Waals surface area contributed by atoms with Crippen molar-refractivity contribution in [1.82, 2.24) is 5.32 Å². The molecule has 1 aromatic rings. The minimum atomic E-state index is 0.130. The van der Waals surface area contributed by atoms with Gasteiger partial charge in [-0.1, -0.05) is 38.1 Å². The SMILES string of the molecule is CC1(C)CCC(NCc2ccc(CO)cc2)CC1. The molecule has 0 saturated heterocycles. The molecule has 18 heavy (non-hydrogen) atoms. The fraction of sp³-hybridized carbons (Fsp3) is 0.625. The number of rotatable bonds is 4. The molecule has 0 spiro atoms. The second-order valence-corrected chi connectivity index (χ2v) is 6.29. The van der Waals surface area contributed by atoms with Crippen molar-refractivity contribution >= 4 is 0 Å². The number of aliphatic hydroxyl groups is 1. The van der Waals surface area contributed by atoms with Crippen LogP contribution in [0.3, 0.4) is 0 Å². The zero-order valence-electron chi connectivity index (χ0n) is 11.6. The predicted molar refractivity (Wildman–Crippen MR) is 75.2 cm³/mol. The summed E-state index contributed by atoms with van der Waals surface area (Å²) in [6.45, 7) is 5.82. The highest BCUT2D eigenvalue weighted by Gasteiger charge is 2.26. The van der Waals surface area contributed by atoms with Crippen LogP contribution in [0.15, 0.2) is 24.3 Å². The summed E-state index contributed by atoms with van der Waals surface area (Å²) in [6, 6.07) is 8.88. The molecule has 2 rings (SSSR count). The van der Waals surface area contributed by atoms with Crippen molar-refractivity contribution in [3.8, 4) is 0 Å². The summed E-state index contributed by atoms with van der Waals surface area (Å²) in [7, 11) is 0. The Morgan fingerprint density at radius 2 is 1.67 bits per heavy atom. The van der Waals surface area contributed by atoms with E-state index in [0.717, 1.165) is 12.1 Å². The highest BCUT2D eigenvalue weighted by atomic mass is 16.3. The van der Waals surface area contributed by atoms with Gasteiger partial charge in [-0.15, -0.1) is 0 Å². The monoisotopic (exact) mass is 247 g/mol. The third-order valence-corrected chi connectivity index (χ3v) is 4.14. The lowest BCUT2D eigenvalue weighted by atomic mass is 9.75. The Balaban J connectivity index is 1.78. The van der Waals surface area contributed by atoms with Crippen molar-refractivity contribution in [3.05, 3.63) is 35.4 Å². The van der Waals surface area contributed by atoms with E-state index in [1.165, 1.54) is 31.2 Å². The Kier molecular flexibility index (Phi) is 4.41. The maximum absolute atomic E-state index is 9.00. The van der Waals surface area contributed by atoms with Gasteiger partial charge in [0, 0.05) is 12.6 Å². The largest absolute Gasteiger partial charge is 0.392 e. The maximum Gasteiger partial charge on any atom is 0.0681 e. The number of hydrogen-bond donors (Lipinski definition) is 2. The quantitative estimate of drug-likeness (QED) is 0.856. The molecule has 0 aromatic heterocycles. The third kappa shape index (κ3) is 3.82. The van der Waals surface area contributed by atoms with E-state index in [-0.39, 0.29) is 6.61 Å². The molecule has 1 aliphatic carbocycles. The van der Waals surface area contributed by atoms with Crippen molar-refractivity contribution in [2.24, 2.45) is 5.41 Å². The lowest BCUT2D eigenvalue weighted by Crippen LogP contribution is -2.35. The topological polar surface area (TPSA) is 32.3 Å². The van der Waals surface area contributed by atoms with Crippen molar-refractivity contribution in [3.63, 3.8) is 0 Å². The van der Waals surface area contributed by atoms with Crippen molar-refractivity contribution in [1.29, 1.82) is 0 Å². The van der Waals surface area contributed by atoms with Gasteiger partial charge in [0.05, 0.1) is 6.61 Å². The molecule has 0 radical (unpaired) electrons. The first-order valence-corrected chi connectivity index (χ1v) is 7.01. The molecule has 0 amide bonds. The Labute approximate surface area is 110 Å². The van der Waals surface area contributed by atoms with E-state index in [9.17, 15) is 0 Å². The van der Waals surface area contributed by atoms with E-state index < -0.39 is 0 Å². The summed E-state index contributed by atoms with van der Waals surface area (Å²) in [4.78, 5) is 0. The van der Waals surface area contributed by atoms with E-state index in [1.54, 1.807) is 0 Å². The molecule has 0 unspecified atom stereocenters. The molecule has 2 N–H and O–H groups in total. The van der Waals surface area contributed by atoms with Crippen LogP contribution in [0.1, 0.15) is 50.7 Å². The molecule has 0 atom stereocenters. The van der Waals surface area contributed by atoms with Crippen molar-refractivity contribution in [2.75, 3.05) is 0 Å². The van der Waals surface area contributed by atoms with Gasteiger partial charge in [-0.2, -0.15) is 0 Å². The first-order valence-electron chi connectivity index (χ1n) is 7.01. The smallest absolute Gasteiger partial charge is 0.0681 e. The number of hydrogen-bond acceptors (Lipinski definition) is 2. The normalized spacial score (nSPS) is 19.9. The molecule has 1 aliphatic rings. The minimum absolute atomic E-state index is 0.130. The molecule has 0 bridgehead atoms. The summed E-state index contributed by atoms with van der Waals surface area (Å²) in [5.41, 5.74) is 2.83. The Hall–Kier alpha value is -0.860. The standard InChI is InChI=1S/C16H25NO/c1-16(2)9-7-15(8-10-16)17-11-13-3-5-14(12-18)6-4-13/h3-6,15,17-18H,7-12H2,1-2H3. The van der Waals surface area contributed by atoms with E-state index in [2.05, 4.69) is 31.3 Å². The van der Waals surface area contributed by atoms with Crippen LogP contribution in [0.25, 0.3) is 0 Å². The third-order valence-electron chi connectivity index (χ3n) is 4.14. The fourth-order valence-electron chi connectivity index (χ4n) is 2.63. The summed E-state index contributed by atoms with van der Waals surface area (Å²) in [6.07, 6.45) is 5.24. The maximum atomic E-state index is 9.00. The van der Waals surface area contributed by atoms with Crippen LogP contribution in [0, 0.1) is 5.41 Å². The molecule has 2 heteroatoms. The predicted octanol–water partition coefficient (Wildman–Crippen LogP) is 3.24. The Morgan fingerprint density at radius 1 is 1.11 bits per heavy atom. The molecular formula is C16H25NO. The van der Waals surface area contributed by atoms with Crippen LogP contribution < -0.4 is 5.32 Å². The number of benzene rings is 1. The van der Waals surface area contributed by atoms with Gasteiger partial charge in [0.2, 0.25) is 0 Å². The van der Waals surface area contributed by atoms with Crippen molar-refractivity contribution in [2.45, 2.75) is 58.7 Å². The lowest BCUT2D eigenvalue weighted by molar-refractivity contribution is 0.206. The molecule has 0 aliphatic heterocycles. The summed E-state index contributed by atoms with van der Waals surface area (Å²) in [5, 5.41) is 12.6. The molecule has 0 heterocycles. The van der Waals surface area contributed by atoms with Gasteiger partial charge in [0.15, 0.2) is 0 Å². The average molecular weight is 247 g/mol. The van der Waals surface area contributed by atoms with Crippen LogP contribution in [-0.2, 0) is 13.2 Å². The molecule has 2 nitrogen and oxygen atoms in total. The molecule has 1 saturated carbocycles. The van der Waals surface area contributed by atoms with Gasteiger partial charge in [-0.25, -0.2) is 0 Å². The number of nitrogens with one attached hydrogen (secondary N) is 1. The number of aliphatic hydroxyl groups excluding tert-OH is 1. The van der Waals surface area contributed by atoms with E-state index in [0.29, 0.717) is 11.5 Å². The summed E-state index contributed by atoms with van der Waals surface area (Å²) < 4.78 is 0. The zero-order valence-corrected chi connectivity index (χ0v) is 11.6. The fourth-order valence-corrected chi connectivity index (χ4v) is 2.63. The Morgan fingerprint density at radius 3 is 2.22 bits per heavy atom.